The van der Waals surface area contributed by atoms with Gasteiger partial charge in [-0.1, -0.05) is 60.2 Å². The number of thiazole rings is 1. The van der Waals surface area contributed by atoms with Crippen LogP contribution in [0.2, 0.25) is 0 Å². The number of amides is 1. The summed E-state index contributed by atoms with van der Waals surface area (Å²) in [4.78, 5) is 17.9. The van der Waals surface area contributed by atoms with Gasteiger partial charge in [0.2, 0.25) is 5.91 Å². The van der Waals surface area contributed by atoms with E-state index in [4.69, 9.17) is 0 Å². The second-order valence-corrected chi connectivity index (χ2v) is 7.15. The van der Waals surface area contributed by atoms with E-state index >= 15 is 0 Å². The Hall–Kier alpha value is -2.92. The number of carbonyl (C=O) groups excluding carboxylic acids is 1. The minimum absolute atomic E-state index is 0.0131. The second-order valence-electron chi connectivity index (χ2n) is 6.31. The van der Waals surface area contributed by atoms with Crippen molar-refractivity contribution in [1.82, 2.24) is 14.7 Å². The Bertz CT molecular complexity index is 1030. The molecule has 0 aliphatic rings. The zero-order valence-electron chi connectivity index (χ0n) is 14.5. The number of nitrogens with zero attached hydrogens (tertiary/aromatic N) is 2. The van der Waals surface area contributed by atoms with Gasteiger partial charge in [-0.25, -0.2) is 4.98 Å². The summed E-state index contributed by atoms with van der Waals surface area (Å²) in [6, 6.07) is 18.3. The molecule has 1 N–H and O–H groups in total. The van der Waals surface area contributed by atoms with E-state index in [9.17, 15) is 4.79 Å². The van der Waals surface area contributed by atoms with Gasteiger partial charge >= 0.3 is 0 Å². The van der Waals surface area contributed by atoms with Crippen molar-refractivity contribution in [3.8, 4) is 11.3 Å². The molecule has 4 aromatic rings. The quantitative estimate of drug-likeness (QED) is 0.578. The maximum atomic E-state index is 12.3. The van der Waals surface area contributed by atoms with Crippen LogP contribution in [0.5, 0.6) is 0 Å². The topological polar surface area (TPSA) is 46.4 Å². The summed E-state index contributed by atoms with van der Waals surface area (Å²) in [6.07, 6.45) is 2.35. The molecule has 4 rings (SSSR count). The van der Waals surface area contributed by atoms with Crippen molar-refractivity contribution in [2.75, 3.05) is 0 Å². The molecule has 0 unspecified atom stereocenters. The van der Waals surface area contributed by atoms with Gasteiger partial charge in [-0.3, -0.25) is 9.20 Å². The van der Waals surface area contributed by atoms with Crippen LogP contribution in [0.4, 0.5) is 0 Å². The largest absolute Gasteiger partial charge is 0.352 e. The Kier molecular flexibility index (Phi) is 4.54. The summed E-state index contributed by atoms with van der Waals surface area (Å²) in [5.41, 5.74) is 5.31. The molecular formula is C21H19N3OS. The molecular weight excluding hydrogens is 342 g/mol. The van der Waals surface area contributed by atoms with Crippen LogP contribution in [0.3, 0.4) is 0 Å². The first kappa shape index (κ1) is 16.5. The second kappa shape index (κ2) is 7.14. The molecule has 130 valence electrons. The van der Waals surface area contributed by atoms with Crippen molar-refractivity contribution in [3.63, 3.8) is 0 Å². The monoisotopic (exact) mass is 361 g/mol. The summed E-state index contributed by atoms with van der Waals surface area (Å²) in [5.74, 6) is 0.0131. The maximum absolute atomic E-state index is 12.3. The number of imidazole rings is 1. The normalized spacial score (nSPS) is 11.0. The zero-order chi connectivity index (χ0) is 17.9. The van der Waals surface area contributed by atoms with Crippen molar-refractivity contribution in [1.29, 1.82) is 0 Å². The van der Waals surface area contributed by atoms with Gasteiger partial charge in [0.25, 0.3) is 0 Å². The molecule has 2 aromatic heterocycles. The van der Waals surface area contributed by atoms with Crippen molar-refractivity contribution in [2.24, 2.45) is 0 Å². The number of hydrogen-bond acceptors (Lipinski definition) is 3. The predicted molar refractivity (Wildman–Crippen MR) is 105 cm³/mol. The minimum Gasteiger partial charge on any atom is -0.352 e. The average Bonchev–Trinajstić information content (AvgIpc) is 3.24. The standard InChI is InChI=1S/C21H19N3OS/c1-15-7-9-17(10-8-15)19-13-24-18(14-26-21(24)23-19)11-20(25)22-12-16-5-3-2-4-6-16/h2-10,13-14H,11-12H2,1H3,(H,22,25). The first-order valence-electron chi connectivity index (χ1n) is 8.52. The van der Waals surface area contributed by atoms with E-state index in [1.54, 1.807) is 11.3 Å². The lowest BCUT2D eigenvalue weighted by Gasteiger charge is -2.05. The molecule has 5 heteroatoms. The van der Waals surface area contributed by atoms with Gasteiger partial charge in [0.15, 0.2) is 4.96 Å². The van der Waals surface area contributed by atoms with Crippen LogP contribution in [0, 0.1) is 6.92 Å². The molecule has 0 saturated heterocycles. The van der Waals surface area contributed by atoms with Crippen LogP contribution in [0.1, 0.15) is 16.8 Å². The maximum Gasteiger partial charge on any atom is 0.226 e. The molecule has 0 atom stereocenters. The van der Waals surface area contributed by atoms with Gasteiger partial charge in [0, 0.05) is 29.4 Å². The smallest absolute Gasteiger partial charge is 0.226 e. The molecule has 0 spiro atoms. The Labute approximate surface area is 156 Å². The molecule has 0 bridgehead atoms. The Morgan fingerprint density at radius 2 is 1.88 bits per heavy atom. The number of aryl methyl sites for hydroxylation is 1. The molecule has 0 aliphatic heterocycles. The molecule has 2 aromatic carbocycles. The lowest BCUT2D eigenvalue weighted by atomic mass is 10.1. The summed E-state index contributed by atoms with van der Waals surface area (Å²) < 4.78 is 2.02. The fourth-order valence-electron chi connectivity index (χ4n) is 2.84. The number of benzene rings is 2. The van der Waals surface area contributed by atoms with Gasteiger partial charge in [-0.05, 0) is 12.5 Å². The van der Waals surface area contributed by atoms with Gasteiger partial charge in [-0.15, -0.1) is 11.3 Å². The van der Waals surface area contributed by atoms with Crippen LogP contribution in [-0.2, 0) is 17.8 Å². The van der Waals surface area contributed by atoms with Crippen LogP contribution >= 0.6 is 11.3 Å². The Morgan fingerprint density at radius 1 is 1.12 bits per heavy atom. The van der Waals surface area contributed by atoms with E-state index in [2.05, 4.69) is 41.5 Å². The van der Waals surface area contributed by atoms with E-state index in [1.807, 2.05) is 46.3 Å². The lowest BCUT2D eigenvalue weighted by molar-refractivity contribution is -0.120. The number of aromatic nitrogens is 2. The summed E-state index contributed by atoms with van der Waals surface area (Å²) in [7, 11) is 0. The summed E-state index contributed by atoms with van der Waals surface area (Å²) in [6.45, 7) is 2.62. The molecule has 0 aliphatic carbocycles. The number of hydrogen-bond donors (Lipinski definition) is 1. The summed E-state index contributed by atoms with van der Waals surface area (Å²) in [5, 5.41) is 4.98. The zero-order valence-corrected chi connectivity index (χ0v) is 15.3. The fourth-order valence-corrected chi connectivity index (χ4v) is 3.72. The van der Waals surface area contributed by atoms with Crippen molar-refractivity contribution < 1.29 is 4.79 Å². The van der Waals surface area contributed by atoms with Crippen LogP contribution < -0.4 is 5.32 Å². The summed E-state index contributed by atoms with van der Waals surface area (Å²) >= 11 is 1.56. The van der Waals surface area contributed by atoms with Crippen molar-refractivity contribution >= 4 is 22.2 Å². The first-order valence-corrected chi connectivity index (χ1v) is 9.40. The number of rotatable bonds is 5. The van der Waals surface area contributed by atoms with Crippen LogP contribution in [-0.4, -0.2) is 15.3 Å². The fraction of sp³-hybridized carbons (Fsp3) is 0.143. The van der Waals surface area contributed by atoms with E-state index in [0.717, 1.165) is 27.5 Å². The van der Waals surface area contributed by atoms with Gasteiger partial charge < -0.3 is 5.32 Å². The highest BCUT2D eigenvalue weighted by Gasteiger charge is 2.12. The number of carbonyl (C=O) groups is 1. The first-order chi connectivity index (χ1) is 12.7. The van der Waals surface area contributed by atoms with Crippen molar-refractivity contribution in [2.45, 2.75) is 19.9 Å². The lowest BCUT2D eigenvalue weighted by Crippen LogP contribution is -2.24. The third-order valence-corrected chi connectivity index (χ3v) is 5.19. The highest BCUT2D eigenvalue weighted by atomic mass is 32.1. The predicted octanol–water partition coefficient (Wildman–Crippen LogP) is 4.23. The number of fused-ring (bicyclic) bond motifs is 1. The van der Waals surface area contributed by atoms with Crippen LogP contribution in [0.25, 0.3) is 16.2 Å². The van der Waals surface area contributed by atoms with Gasteiger partial charge in [0.05, 0.1) is 12.1 Å². The van der Waals surface area contributed by atoms with E-state index in [-0.39, 0.29) is 5.91 Å². The molecule has 26 heavy (non-hydrogen) atoms. The van der Waals surface area contributed by atoms with E-state index in [1.165, 1.54) is 5.56 Å². The molecule has 1 amide bonds. The van der Waals surface area contributed by atoms with Gasteiger partial charge in [0.1, 0.15) is 0 Å². The van der Waals surface area contributed by atoms with Gasteiger partial charge in [-0.2, -0.15) is 0 Å². The molecule has 0 fully saturated rings. The highest BCUT2D eigenvalue weighted by molar-refractivity contribution is 7.15. The molecule has 0 saturated carbocycles. The van der Waals surface area contributed by atoms with E-state index < -0.39 is 0 Å². The van der Waals surface area contributed by atoms with Crippen molar-refractivity contribution in [3.05, 3.63) is 83.0 Å². The number of nitrogens with one attached hydrogen (secondary N) is 1. The minimum atomic E-state index is 0.0131. The third kappa shape index (κ3) is 3.53. The van der Waals surface area contributed by atoms with E-state index in [0.29, 0.717) is 13.0 Å². The molecule has 2 heterocycles. The Morgan fingerprint density at radius 3 is 2.65 bits per heavy atom. The average molecular weight is 361 g/mol. The Balaban J connectivity index is 1.48. The molecule has 4 nitrogen and oxygen atoms in total. The third-order valence-electron chi connectivity index (χ3n) is 4.30. The highest BCUT2D eigenvalue weighted by Crippen LogP contribution is 2.24. The molecule has 0 radical (unpaired) electrons. The van der Waals surface area contributed by atoms with Crippen LogP contribution in [0.15, 0.2) is 66.2 Å². The SMILES string of the molecule is Cc1ccc(-c2cn3c(CC(=O)NCc4ccccc4)csc3n2)cc1.